The van der Waals surface area contributed by atoms with Crippen molar-refractivity contribution in [2.75, 3.05) is 20.3 Å². The van der Waals surface area contributed by atoms with Crippen LogP contribution >= 0.6 is 0 Å². The molecule has 0 radical (unpaired) electrons. The van der Waals surface area contributed by atoms with Gasteiger partial charge in [0, 0.05) is 12.4 Å². The van der Waals surface area contributed by atoms with Crippen molar-refractivity contribution >= 4 is 5.97 Å². The smallest absolute Gasteiger partial charge is 0.341 e. The lowest BCUT2D eigenvalue weighted by Gasteiger charge is -2.29. The number of nitrogens with zero attached hydrogens (tertiary/aromatic N) is 3. The van der Waals surface area contributed by atoms with Crippen LogP contribution in [0.3, 0.4) is 0 Å². The lowest BCUT2D eigenvalue weighted by atomic mass is 10.0. The van der Waals surface area contributed by atoms with Gasteiger partial charge in [-0.1, -0.05) is 18.2 Å². The third kappa shape index (κ3) is 3.02. The molecule has 0 fully saturated rings. The van der Waals surface area contributed by atoms with Crippen molar-refractivity contribution in [3.63, 3.8) is 0 Å². The first-order valence-electron chi connectivity index (χ1n) is 8.38. The van der Waals surface area contributed by atoms with Gasteiger partial charge in [-0.05, 0) is 25.5 Å². The van der Waals surface area contributed by atoms with Gasteiger partial charge in [0.05, 0.1) is 37.1 Å². The molecule has 0 spiro atoms. The number of rotatable bonds is 5. The van der Waals surface area contributed by atoms with Crippen LogP contribution in [0.2, 0.25) is 0 Å². The molecule has 1 aromatic carbocycles. The SMILES string of the molecule is COC(=O)c1cn(C(C)(CO)CO)cc2c(=O)n(-c3ccccc3C)nc1-2. The lowest BCUT2D eigenvalue weighted by molar-refractivity contribution is 0.0590. The highest BCUT2D eigenvalue weighted by atomic mass is 16.5. The Morgan fingerprint density at radius 3 is 2.48 bits per heavy atom. The van der Waals surface area contributed by atoms with Crippen LogP contribution in [0.5, 0.6) is 0 Å². The molecule has 0 amide bonds. The minimum absolute atomic E-state index is 0.0764. The fourth-order valence-electron chi connectivity index (χ4n) is 2.86. The van der Waals surface area contributed by atoms with Crippen LogP contribution in [0.25, 0.3) is 16.9 Å². The Kier molecular flexibility index (Phi) is 4.86. The van der Waals surface area contributed by atoms with Gasteiger partial charge < -0.3 is 19.5 Å². The Balaban J connectivity index is 2.36. The molecule has 3 rings (SSSR count). The number of para-hydroxylation sites is 1. The number of fused-ring (bicyclic) bond motifs is 1. The molecule has 0 unspecified atom stereocenters. The number of methoxy groups -OCH3 is 1. The van der Waals surface area contributed by atoms with Gasteiger partial charge in [-0.2, -0.15) is 9.78 Å². The zero-order chi connectivity index (χ0) is 19.8. The number of ether oxygens (including phenoxy) is 1. The number of aryl methyl sites for hydroxylation is 1. The van der Waals surface area contributed by atoms with Gasteiger partial charge in [0.2, 0.25) is 0 Å². The maximum atomic E-state index is 13.0. The van der Waals surface area contributed by atoms with Crippen molar-refractivity contribution in [3.05, 3.63) is 58.1 Å². The van der Waals surface area contributed by atoms with E-state index in [-0.39, 0.29) is 30.0 Å². The lowest BCUT2D eigenvalue weighted by Crippen LogP contribution is -2.38. The van der Waals surface area contributed by atoms with Crippen LogP contribution in [0.1, 0.15) is 22.8 Å². The topological polar surface area (TPSA) is 107 Å². The molecule has 0 atom stereocenters. The molecule has 2 aliphatic rings. The molecule has 0 saturated carbocycles. The highest BCUT2D eigenvalue weighted by molar-refractivity contribution is 5.96. The molecule has 8 nitrogen and oxygen atoms in total. The van der Waals surface area contributed by atoms with E-state index in [0.717, 1.165) is 5.56 Å². The third-order valence-corrected chi connectivity index (χ3v) is 4.72. The summed E-state index contributed by atoms with van der Waals surface area (Å²) in [5.41, 5.74) is 0.413. The van der Waals surface area contributed by atoms with Crippen LogP contribution in [-0.4, -0.2) is 50.9 Å². The summed E-state index contributed by atoms with van der Waals surface area (Å²) in [4.78, 5) is 25.3. The largest absolute Gasteiger partial charge is 0.465 e. The second kappa shape index (κ2) is 6.98. The molecule has 2 aliphatic heterocycles. The van der Waals surface area contributed by atoms with Crippen molar-refractivity contribution in [2.45, 2.75) is 19.4 Å². The highest BCUT2D eigenvalue weighted by Crippen LogP contribution is 2.27. The summed E-state index contributed by atoms with van der Waals surface area (Å²) in [6.07, 6.45) is 2.91. The molecule has 142 valence electrons. The average molecular weight is 371 g/mol. The molecule has 1 aromatic rings. The number of aliphatic hydroxyl groups is 2. The van der Waals surface area contributed by atoms with Gasteiger partial charge >= 0.3 is 5.97 Å². The average Bonchev–Trinajstić information content (AvgIpc) is 3.03. The number of aromatic nitrogens is 3. The predicted molar refractivity (Wildman–Crippen MR) is 98.3 cm³/mol. The number of hydrogen-bond acceptors (Lipinski definition) is 6. The molecule has 0 saturated heterocycles. The van der Waals surface area contributed by atoms with E-state index in [1.54, 1.807) is 19.1 Å². The van der Waals surface area contributed by atoms with Crippen LogP contribution in [-0.2, 0) is 10.3 Å². The van der Waals surface area contributed by atoms with Crippen LogP contribution in [0.4, 0.5) is 0 Å². The van der Waals surface area contributed by atoms with E-state index in [9.17, 15) is 19.8 Å². The molecular formula is C19H21N3O5. The third-order valence-electron chi connectivity index (χ3n) is 4.72. The van der Waals surface area contributed by atoms with Gasteiger partial charge in [-0.3, -0.25) is 4.79 Å². The molecule has 2 heterocycles. The summed E-state index contributed by atoms with van der Waals surface area (Å²) in [6, 6.07) is 7.27. The first-order valence-corrected chi connectivity index (χ1v) is 8.38. The second-order valence-corrected chi connectivity index (χ2v) is 6.65. The van der Waals surface area contributed by atoms with Crippen molar-refractivity contribution in [1.82, 2.24) is 14.3 Å². The van der Waals surface area contributed by atoms with E-state index in [2.05, 4.69) is 5.10 Å². The first-order chi connectivity index (χ1) is 12.9. The van der Waals surface area contributed by atoms with Crippen LogP contribution in [0, 0.1) is 6.92 Å². The Bertz CT molecular complexity index is 1020. The zero-order valence-electron chi connectivity index (χ0n) is 15.3. The van der Waals surface area contributed by atoms with Crippen LogP contribution < -0.4 is 5.56 Å². The zero-order valence-corrected chi connectivity index (χ0v) is 15.3. The highest BCUT2D eigenvalue weighted by Gasteiger charge is 2.30. The van der Waals surface area contributed by atoms with Crippen molar-refractivity contribution in [2.24, 2.45) is 0 Å². The summed E-state index contributed by atoms with van der Waals surface area (Å²) in [6.45, 7) is 2.69. The number of carbonyl (C=O) groups is 1. The van der Waals surface area contributed by atoms with Gasteiger partial charge in [0.25, 0.3) is 5.56 Å². The van der Waals surface area contributed by atoms with Gasteiger partial charge in [-0.25, -0.2) is 4.79 Å². The fraction of sp³-hybridized carbons (Fsp3) is 0.316. The molecule has 2 N–H and O–H groups in total. The molecule has 0 bridgehead atoms. The van der Waals surface area contributed by atoms with Crippen LogP contribution in [0.15, 0.2) is 41.5 Å². The molecule has 0 aliphatic carbocycles. The summed E-state index contributed by atoms with van der Waals surface area (Å²) in [5.74, 6) is -0.665. The van der Waals surface area contributed by atoms with Gasteiger partial charge in [0.1, 0.15) is 11.3 Å². The van der Waals surface area contributed by atoms with Crippen molar-refractivity contribution in [1.29, 1.82) is 0 Å². The molecule has 27 heavy (non-hydrogen) atoms. The standard InChI is InChI=1S/C19H21N3O5/c1-12-6-4-5-7-15(12)22-17(25)13-8-21(19(2,10-23)11-24)9-14(16(13)20-22)18(26)27-3/h4-9,23-24H,10-11H2,1-3H3. The van der Waals surface area contributed by atoms with Gasteiger partial charge in [-0.15, -0.1) is 0 Å². The fourth-order valence-corrected chi connectivity index (χ4v) is 2.86. The van der Waals surface area contributed by atoms with Crippen molar-refractivity contribution in [3.8, 4) is 16.9 Å². The number of benzene rings is 1. The van der Waals surface area contributed by atoms with E-state index in [1.165, 1.54) is 28.8 Å². The Labute approximate surface area is 155 Å². The number of pyridine rings is 1. The normalized spacial score (nSPS) is 11.7. The Morgan fingerprint density at radius 2 is 1.89 bits per heavy atom. The number of hydrogen-bond donors (Lipinski definition) is 2. The van der Waals surface area contributed by atoms with E-state index in [0.29, 0.717) is 5.69 Å². The first kappa shape index (κ1) is 18.8. The Hall–Kier alpha value is -2.97. The molecular weight excluding hydrogens is 350 g/mol. The summed E-state index contributed by atoms with van der Waals surface area (Å²) < 4.78 is 7.52. The number of esters is 1. The van der Waals surface area contributed by atoms with E-state index >= 15 is 0 Å². The maximum absolute atomic E-state index is 13.0. The minimum atomic E-state index is -1.10. The second-order valence-electron chi connectivity index (χ2n) is 6.65. The predicted octanol–water partition coefficient (Wildman–Crippen LogP) is 0.934. The minimum Gasteiger partial charge on any atom is -0.465 e. The van der Waals surface area contributed by atoms with E-state index in [1.807, 2.05) is 19.1 Å². The van der Waals surface area contributed by atoms with E-state index < -0.39 is 17.1 Å². The molecule has 0 aromatic heterocycles. The summed E-state index contributed by atoms with van der Waals surface area (Å²) in [7, 11) is 1.24. The monoisotopic (exact) mass is 371 g/mol. The van der Waals surface area contributed by atoms with Crippen molar-refractivity contribution < 1.29 is 19.7 Å². The number of carbonyl (C=O) groups excluding carboxylic acids is 1. The number of aliphatic hydroxyl groups excluding tert-OH is 2. The van der Waals surface area contributed by atoms with E-state index in [4.69, 9.17) is 4.74 Å². The summed E-state index contributed by atoms with van der Waals surface area (Å²) >= 11 is 0. The summed E-state index contributed by atoms with van der Waals surface area (Å²) in [5, 5.41) is 23.7. The maximum Gasteiger partial charge on any atom is 0.341 e. The molecule has 8 heteroatoms. The quantitative estimate of drug-likeness (QED) is 0.647. The Morgan fingerprint density at radius 1 is 1.22 bits per heavy atom. The van der Waals surface area contributed by atoms with Gasteiger partial charge in [0.15, 0.2) is 0 Å².